The van der Waals surface area contributed by atoms with Gasteiger partial charge in [0.15, 0.2) is 4.60 Å². The number of allylic oxidation sites excluding steroid dienone is 1. The first-order valence-corrected chi connectivity index (χ1v) is 20.4. The minimum absolute atomic E-state index is 0.0701. The van der Waals surface area contributed by atoms with E-state index in [1.54, 1.807) is 0 Å². The lowest BCUT2D eigenvalue weighted by Gasteiger charge is -2.30. The zero-order chi connectivity index (χ0) is 35.8. The van der Waals surface area contributed by atoms with Gasteiger partial charge < -0.3 is 20.3 Å². The van der Waals surface area contributed by atoms with Gasteiger partial charge in [-0.05, 0) is 80.1 Å². The highest BCUT2D eigenvalue weighted by atomic mass is 79.9. The summed E-state index contributed by atoms with van der Waals surface area (Å²) in [6.45, 7) is 0.0701. The molecule has 3 aliphatic carbocycles. The number of ether oxygens (including phenoxy) is 1. The first kappa shape index (κ1) is 35.6. The largest absolute Gasteiger partial charge is 0.446 e. The Morgan fingerprint density at radius 3 is 2.47 bits per heavy atom. The number of hydrogen-bond donors (Lipinski definition) is 3. The van der Waals surface area contributed by atoms with Crippen LogP contribution in [0.1, 0.15) is 89.5 Å². The molecule has 274 valence electrons. The van der Waals surface area contributed by atoms with Crippen molar-refractivity contribution in [2.45, 2.75) is 118 Å². The molecule has 4 fully saturated rings. The summed E-state index contributed by atoms with van der Waals surface area (Å²) in [5.74, 6) is -2.20. The Balaban J connectivity index is 1.18. The number of aromatic nitrogens is 3. The van der Waals surface area contributed by atoms with E-state index in [0.29, 0.717) is 42.4 Å². The zero-order valence-electron chi connectivity index (χ0n) is 28.3. The Labute approximate surface area is 305 Å². The van der Waals surface area contributed by atoms with Crippen LogP contribution in [-0.2, 0) is 29.1 Å². The van der Waals surface area contributed by atoms with E-state index in [-0.39, 0.29) is 25.5 Å². The molecule has 0 unspecified atom stereocenters. The first-order valence-electron chi connectivity index (χ1n) is 18.0. The van der Waals surface area contributed by atoms with E-state index >= 15 is 0 Å². The van der Waals surface area contributed by atoms with Gasteiger partial charge in [0.25, 0.3) is 5.91 Å². The minimum atomic E-state index is -3.87. The fourth-order valence-corrected chi connectivity index (χ4v) is 9.35. The van der Waals surface area contributed by atoms with Crippen LogP contribution in [0.3, 0.4) is 0 Å². The molecule has 0 radical (unpaired) electrons. The van der Waals surface area contributed by atoms with E-state index in [4.69, 9.17) is 9.84 Å². The molecule has 2 aliphatic heterocycles. The maximum Gasteiger partial charge on any atom is 0.408 e. The van der Waals surface area contributed by atoms with Gasteiger partial charge in [0.05, 0.1) is 11.3 Å². The lowest BCUT2D eigenvalue weighted by Crippen LogP contribution is -2.58. The van der Waals surface area contributed by atoms with Gasteiger partial charge in [-0.25, -0.2) is 13.2 Å². The van der Waals surface area contributed by atoms with Crippen molar-refractivity contribution < 1.29 is 32.3 Å². The zero-order valence-corrected chi connectivity index (χ0v) is 30.7. The van der Waals surface area contributed by atoms with Crippen LogP contribution in [0.4, 0.5) is 4.79 Å². The van der Waals surface area contributed by atoms with E-state index in [1.165, 1.54) is 9.70 Å². The van der Waals surface area contributed by atoms with Crippen LogP contribution in [0, 0.1) is 5.92 Å². The molecule has 2 aromatic rings. The summed E-state index contributed by atoms with van der Waals surface area (Å²) in [6, 6.07) is 6.98. The Bertz CT molecular complexity index is 1790. The molecule has 0 spiro atoms. The summed E-state index contributed by atoms with van der Waals surface area (Å²) in [5, 5.41) is 14.4. The number of rotatable bonds is 7. The standard InChI is InChI=1S/C35H44BrN7O7S/c36-30-29(22-11-5-4-6-12-22)39-43(40-30)24-19-28-31(44)38-35(33(46)41-51(48,49)26-17-18-26)20-23(35)13-7-2-1-3-8-16-27(32(45)42(28)21-24)37-34(47)50-25-14-9-10-15-25/h4-7,11-13,23-28H,1-3,8-10,14-21H2,(H,37,47)(H,38,44)(H,41,46)/b13-7+/t23-,24-,27-,28+,35-/m1/s1. The molecular formula is C35H44BrN7O7S. The fourth-order valence-electron chi connectivity index (χ4n) is 7.52. The third-order valence-electron chi connectivity index (χ3n) is 10.7. The number of amides is 4. The van der Waals surface area contributed by atoms with Gasteiger partial charge in [0.1, 0.15) is 29.4 Å². The van der Waals surface area contributed by atoms with E-state index in [0.717, 1.165) is 44.1 Å². The number of nitrogens with one attached hydrogen (secondary N) is 3. The number of halogens is 1. The van der Waals surface area contributed by atoms with Gasteiger partial charge >= 0.3 is 6.09 Å². The second kappa shape index (κ2) is 14.7. The van der Waals surface area contributed by atoms with E-state index in [9.17, 15) is 27.6 Å². The molecule has 1 aromatic heterocycles. The molecule has 51 heavy (non-hydrogen) atoms. The summed E-state index contributed by atoms with van der Waals surface area (Å²) in [7, 11) is -3.87. The van der Waals surface area contributed by atoms with Crippen molar-refractivity contribution in [1.29, 1.82) is 0 Å². The van der Waals surface area contributed by atoms with Gasteiger partial charge in [0.2, 0.25) is 21.8 Å². The van der Waals surface area contributed by atoms with Crippen molar-refractivity contribution in [3.8, 4) is 11.3 Å². The second-order valence-electron chi connectivity index (χ2n) is 14.4. The van der Waals surface area contributed by atoms with Crippen molar-refractivity contribution in [3.63, 3.8) is 0 Å². The quantitative estimate of drug-likeness (QED) is 0.351. The highest BCUT2D eigenvalue weighted by molar-refractivity contribution is 9.10. The fraction of sp³-hybridized carbons (Fsp3) is 0.600. The van der Waals surface area contributed by atoms with Crippen LogP contribution in [0.15, 0.2) is 47.1 Å². The maximum atomic E-state index is 14.5. The lowest BCUT2D eigenvalue weighted by atomic mass is 10.0. The average molecular weight is 787 g/mol. The third-order valence-corrected chi connectivity index (χ3v) is 13.0. The first-order chi connectivity index (χ1) is 24.5. The molecule has 5 atom stereocenters. The number of carbonyl (C=O) groups is 4. The van der Waals surface area contributed by atoms with Crippen LogP contribution in [0.2, 0.25) is 0 Å². The predicted octanol–water partition coefficient (Wildman–Crippen LogP) is 3.89. The van der Waals surface area contributed by atoms with Crippen LogP contribution in [0.25, 0.3) is 11.3 Å². The number of sulfonamides is 1. The predicted molar refractivity (Wildman–Crippen MR) is 189 cm³/mol. The number of nitrogens with zero attached hydrogens (tertiary/aromatic N) is 4. The number of fused-ring (bicyclic) bond motifs is 2. The van der Waals surface area contributed by atoms with Gasteiger partial charge in [0, 0.05) is 24.4 Å². The summed E-state index contributed by atoms with van der Waals surface area (Å²) in [5.41, 5.74) is -0.0342. The Kier molecular flexibility index (Phi) is 10.2. The summed E-state index contributed by atoms with van der Waals surface area (Å²) in [6.07, 6.45) is 11.2. The maximum absolute atomic E-state index is 14.5. The van der Waals surface area contributed by atoms with Gasteiger partial charge in [-0.2, -0.15) is 9.90 Å². The van der Waals surface area contributed by atoms with Gasteiger partial charge in [-0.3, -0.25) is 19.1 Å². The highest BCUT2D eigenvalue weighted by Gasteiger charge is 2.62. The molecule has 3 heterocycles. The second-order valence-corrected chi connectivity index (χ2v) is 17.2. The van der Waals surface area contributed by atoms with Crippen LogP contribution < -0.4 is 15.4 Å². The van der Waals surface area contributed by atoms with Gasteiger partial charge in [-0.1, -0.05) is 55.3 Å². The average Bonchev–Trinajstić information content (AvgIpc) is 3.90. The van der Waals surface area contributed by atoms with E-state index in [2.05, 4.69) is 36.4 Å². The smallest absolute Gasteiger partial charge is 0.408 e. The molecule has 3 saturated carbocycles. The molecule has 16 heteroatoms. The lowest BCUT2D eigenvalue weighted by molar-refractivity contribution is -0.141. The molecular weight excluding hydrogens is 742 g/mol. The number of carbonyl (C=O) groups excluding carboxylic acids is 4. The van der Waals surface area contributed by atoms with Crippen molar-refractivity contribution in [2.24, 2.45) is 5.92 Å². The minimum Gasteiger partial charge on any atom is -0.446 e. The van der Waals surface area contributed by atoms with Crippen LogP contribution >= 0.6 is 15.9 Å². The van der Waals surface area contributed by atoms with Crippen LogP contribution in [-0.4, -0.2) is 87.6 Å². The number of benzene rings is 1. The van der Waals surface area contributed by atoms with Gasteiger partial charge in [-0.15, -0.1) is 5.10 Å². The summed E-state index contributed by atoms with van der Waals surface area (Å²) < 4.78 is 34.0. The summed E-state index contributed by atoms with van der Waals surface area (Å²) in [4.78, 5) is 58.5. The normalized spacial score (nSPS) is 29.5. The van der Waals surface area contributed by atoms with E-state index < -0.39 is 68.7 Å². The Morgan fingerprint density at radius 1 is 0.980 bits per heavy atom. The topological polar surface area (TPSA) is 182 Å². The van der Waals surface area contributed by atoms with Crippen LogP contribution in [0.5, 0.6) is 0 Å². The Hall–Kier alpha value is -3.79. The van der Waals surface area contributed by atoms with Crippen molar-refractivity contribution >= 4 is 49.8 Å². The molecule has 14 nitrogen and oxygen atoms in total. The number of alkyl carbamates (subject to hydrolysis) is 1. The summed E-state index contributed by atoms with van der Waals surface area (Å²) >= 11 is 3.52. The third kappa shape index (κ3) is 7.86. The molecule has 1 saturated heterocycles. The molecule has 0 bridgehead atoms. The van der Waals surface area contributed by atoms with Crippen molar-refractivity contribution in [2.75, 3.05) is 6.54 Å². The molecule has 3 N–H and O–H groups in total. The van der Waals surface area contributed by atoms with Crippen molar-refractivity contribution in [1.82, 2.24) is 35.2 Å². The van der Waals surface area contributed by atoms with Crippen molar-refractivity contribution in [3.05, 3.63) is 47.1 Å². The molecule has 4 amide bonds. The number of hydrogen-bond acceptors (Lipinski definition) is 9. The SMILES string of the molecule is O=C(N[C@@H]1CCCCC/C=C/[C@@H]2C[C@@]2(C(=O)NS(=O)(=O)C2CC2)NC(=O)[C@@H]2C[C@@H](n3nc(Br)c(-c4ccccc4)n3)CN2C1=O)OC1CCCC1. The highest BCUT2D eigenvalue weighted by Crippen LogP contribution is 2.46. The monoisotopic (exact) mass is 785 g/mol. The molecule has 1 aromatic carbocycles. The van der Waals surface area contributed by atoms with E-state index in [1.807, 2.05) is 42.5 Å². The Morgan fingerprint density at radius 2 is 1.73 bits per heavy atom. The molecule has 5 aliphatic rings. The molecule has 7 rings (SSSR count).